The van der Waals surface area contributed by atoms with Crippen molar-refractivity contribution >= 4 is 80.2 Å². The maximum absolute atomic E-state index is 13.5. The first kappa shape index (κ1) is 33.8. The number of carbonyl (C=O) groups excluding carboxylic acids is 3. The summed E-state index contributed by atoms with van der Waals surface area (Å²) < 4.78 is 23.0. The third-order valence-electron chi connectivity index (χ3n) is 6.27. The van der Waals surface area contributed by atoms with Crippen molar-refractivity contribution in [2.75, 3.05) is 10.6 Å². The first-order valence-corrected chi connectivity index (χ1v) is 16.7. The van der Waals surface area contributed by atoms with Crippen LogP contribution in [0.2, 0.25) is 10.0 Å². The van der Waals surface area contributed by atoms with E-state index in [1.807, 2.05) is 6.92 Å². The monoisotopic (exact) mass is 682 g/mol. The van der Waals surface area contributed by atoms with Crippen LogP contribution in [0.3, 0.4) is 0 Å². The molecule has 0 fully saturated rings. The molecule has 13 heteroatoms. The SMILES string of the molecule is CCC(Sc1cccc(NC(=O)/C(=C\c2ccc(Cl)cc2Cl)NC(=O)c2ccccc2)c1)C(=O)Nc1ccc(S(N)(=O)=O)cc1. The van der Waals surface area contributed by atoms with Gasteiger partial charge in [-0.05, 0) is 84.8 Å². The van der Waals surface area contributed by atoms with Crippen LogP contribution in [-0.4, -0.2) is 31.4 Å². The number of benzene rings is 4. The Morgan fingerprint density at radius 2 is 1.58 bits per heavy atom. The average Bonchev–Trinajstić information content (AvgIpc) is 3.01. The molecule has 0 bridgehead atoms. The average molecular weight is 684 g/mol. The van der Waals surface area contributed by atoms with Gasteiger partial charge in [0.1, 0.15) is 5.70 Å². The van der Waals surface area contributed by atoms with Gasteiger partial charge in [0.05, 0.1) is 10.1 Å². The standard InChI is InChI=1S/C32H28Cl2N4O5S2/c1-2-29(32(41)36-23-13-15-26(16-14-23)45(35,42)43)44-25-10-6-9-24(19-25)37-31(40)28(17-21-11-12-22(33)18-27(21)34)38-30(39)20-7-4-3-5-8-20/h3-19,29H,2H2,1H3,(H,36,41)(H,37,40)(H,38,39)(H2,35,42,43)/b28-17+. The second-order valence-corrected chi connectivity index (χ2v) is 13.3. The van der Waals surface area contributed by atoms with E-state index in [-0.39, 0.29) is 16.5 Å². The summed E-state index contributed by atoms with van der Waals surface area (Å²) in [5, 5.41) is 13.6. The number of halogens is 2. The van der Waals surface area contributed by atoms with Gasteiger partial charge in [-0.25, -0.2) is 13.6 Å². The van der Waals surface area contributed by atoms with Gasteiger partial charge < -0.3 is 16.0 Å². The number of sulfonamides is 1. The van der Waals surface area contributed by atoms with Crippen LogP contribution >= 0.6 is 35.0 Å². The number of thioether (sulfide) groups is 1. The summed E-state index contributed by atoms with van der Waals surface area (Å²) in [6.45, 7) is 1.86. The van der Waals surface area contributed by atoms with Crippen LogP contribution in [0.1, 0.15) is 29.3 Å². The lowest BCUT2D eigenvalue weighted by Gasteiger charge is -2.16. The van der Waals surface area contributed by atoms with E-state index >= 15 is 0 Å². The fourth-order valence-electron chi connectivity index (χ4n) is 4.00. The van der Waals surface area contributed by atoms with Crippen LogP contribution in [-0.2, 0) is 19.6 Å². The predicted molar refractivity (Wildman–Crippen MR) is 180 cm³/mol. The van der Waals surface area contributed by atoms with E-state index in [0.717, 1.165) is 0 Å². The summed E-state index contributed by atoms with van der Waals surface area (Å²) in [4.78, 5) is 40.1. The Balaban J connectivity index is 1.50. The van der Waals surface area contributed by atoms with E-state index in [4.69, 9.17) is 28.3 Å². The highest BCUT2D eigenvalue weighted by Gasteiger charge is 2.20. The molecule has 1 unspecified atom stereocenters. The second kappa shape index (κ2) is 15.2. The summed E-state index contributed by atoms with van der Waals surface area (Å²) in [5.41, 5.74) is 1.64. The highest BCUT2D eigenvalue weighted by Crippen LogP contribution is 2.29. The molecule has 1 atom stereocenters. The molecule has 4 rings (SSSR count). The van der Waals surface area contributed by atoms with Crippen molar-refractivity contribution in [2.45, 2.75) is 28.4 Å². The summed E-state index contributed by atoms with van der Waals surface area (Å²) in [5.74, 6) is -1.36. The molecule has 0 aliphatic carbocycles. The number of hydrogen-bond donors (Lipinski definition) is 4. The number of nitrogens with one attached hydrogen (secondary N) is 3. The molecular formula is C32H28Cl2N4O5S2. The third kappa shape index (κ3) is 9.68. The van der Waals surface area contributed by atoms with Crippen molar-refractivity contribution in [3.63, 3.8) is 0 Å². The largest absolute Gasteiger partial charge is 0.325 e. The highest BCUT2D eigenvalue weighted by atomic mass is 35.5. The van der Waals surface area contributed by atoms with E-state index in [1.54, 1.807) is 66.7 Å². The zero-order chi connectivity index (χ0) is 32.6. The number of primary sulfonamides is 1. The maximum Gasteiger partial charge on any atom is 0.272 e. The zero-order valence-corrected chi connectivity index (χ0v) is 26.9. The van der Waals surface area contributed by atoms with Crippen LogP contribution in [0.5, 0.6) is 0 Å². The molecule has 0 saturated carbocycles. The van der Waals surface area contributed by atoms with Gasteiger partial charge in [-0.2, -0.15) is 0 Å². The molecule has 0 spiro atoms. The van der Waals surface area contributed by atoms with Gasteiger partial charge in [-0.1, -0.05) is 60.5 Å². The first-order chi connectivity index (χ1) is 21.4. The summed E-state index contributed by atoms with van der Waals surface area (Å²) in [6.07, 6.45) is 1.95. The fourth-order valence-corrected chi connectivity index (χ4v) is 5.99. The minimum absolute atomic E-state index is 0.0506. The van der Waals surface area contributed by atoms with Gasteiger partial charge in [-0.3, -0.25) is 14.4 Å². The molecule has 0 aliphatic rings. The number of amides is 3. The van der Waals surface area contributed by atoms with E-state index in [9.17, 15) is 22.8 Å². The molecule has 9 nitrogen and oxygen atoms in total. The molecule has 0 aromatic heterocycles. The molecule has 0 aliphatic heterocycles. The summed E-state index contributed by atoms with van der Waals surface area (Å²) in [6, 6.07) is 25.7. The van der Waals surface area contributed by atoms with Crippen molar-refractivity contribution in [3.8, 4) is 0 Å². The molecule has 4 aromatic rings. The lowest BCUT2D eigenvalue weighted by Crippen LogP contribution is -2.30. The molecule has 3 amide bonds. The minimum atomic E-state index is -3.85. The van der Waals surface area contributed by atoms with Gasteiger partial charge in [0.25, 0.3) is 11.8 Å². The third-order valence-corrected chi connectivity index (χ3v) is 9.12. The highest BCUT2D eigenvalue weighted by molar-refractivity contribution is 8.00. The predicted octanol–water partition coefficient (Wildman–Crippen LogP) is 6.56. The van der Waals surface area contributed by atoms with E-state index in [0.29, 0.717) is 43.9 Å². The molecule has 4 aromatic carbocycles. The molecule has 0 heterocycles. The van der Waals surface area contributed by atoms with Gasteiger partial charge in [-0.15, -0.1) is 11.8 Å². The number of carbonyl (C=O) groups is 3. The number of anilines is 2. The van der Waals surface area contributed by atoms with Gasteiger partial charge in [0.15, 0.2) is 0 Å². The first-order valence-electron chi connectivity index (χ1n) is 13.5. The van der Waals surface area contributed by atoms with Crippen molar-refractivity contribution in [3.05, 3.63) is 124 Å². The molecule has 5 N–H and O–H groups in total. The van der Waals surface area contributed by atoms with E-state index in [2.05, 4.69) is 16.0 Å². The normalized spacial score (nSPS) is 12.2. The van der Waals surface area contributed by atoms with Crippen LogP contribution in [0.15, 0.2) is 113 Å². The van der Waals surface area contributed by atoms with Crippen molar-refractivity contribution in [2.24, 2.45) is 5.14 Å². The van der Waals surface area contributed by atoms with Crippen LogP contribution in [0, 0.1) is 0 Å². The topological polar surface area (TPSA) is 147 Å². The molecular weight excluding hydrogens is 655 g/mol. The zero-order valence-electron chi connectivity index (χ0n) is 23.8. The Labute approximate surface area is 275 Å². The van der Waals surface area contributed by atoms with Crippen LogP contribution in [0.25, 0.3) is 6.08 Å². The van der Waals surface area contributed by atoms with E-state index < -0.39 is 27.1 Å². The Morgan fingerprint density at radius 3 is 2.22 bits per heavy atom. The Hall–Kier alpha value is -4.13. The molecule has 232 valence electrons. The molecule has 0 saturated heterocycles. The second-order valence-electron chi connectivity index (χ2n) is 9.60. The Bertz CT molecular complexity index is 1850. The Morgan fingerprint density at radius 1 is 0.867 bits per heavy atom. The van der Waals surface area contributed by atoms with E-state index in [1.165, 1.54) is 48.2 Å². The quantitative estimate of drug-likeness (QED) is 0.104. The fraction of sp³-hybridized carbons (Fsp3) is 0.0938. The number of nitrogens with two attached hydrogens (primary N) is 1. The molecule has 0 radical (unpaired) electrons. The molecule has 45 heavy (non-hydrogen) atoms. The summed E-state index contributed by atoms with van der Waals surface area (Å²) in [7, 11) is -3.85. The van der Waals surface area contributed by atoms with Crippen LogP contribution in [0.4, 0.5) is 11.4 Å². The Kier molecular flexibility index (Phi) is 11.4. The smallest absolute Gasteiger partial charge is 0.272 e. The van der Waals surface area contributed by atoms with Gasteiger partial charge >= 0.3 is 0 Å². The van der Waals surface area contributed by atoms with Gasteiger partial charge in [0, 0.05) is 31.9 Å². The van der Waals surface area contributed by atoms with Gasteiger partial charge in [0.2, 0.25) is 15.9 Å². The summed E-state index contributed by atoms with van der Waals surface area (Å²) >= 11 is 13.7. The van der Waals surface area contributed by atoms with Crippen molar-refractivity contribution < 1.29 is 22.8 Å². The number of hydrogen-bond acceptors (Lipinski definition) is 6. The van der Waals surface area contributed by atoms with Crippen molar-refractivity contribution in [1.82, 2.24) is 5.32 Å². The van der Waals surface area contributed by atoms with Crippen molar-refractivity contribution in [1.29, 1.82) is 0 Å². The lowest BCUT2D eigenvalue weighted by atomic mass is 10.1. The maximum atomic E-state index is 13.5. The number of rotatable bonds is 11. The lowest BCUT2D eigenvalue weighted by molar-refractivity contribution is -0.116. The van der Waals surface area contributed by atoms with Crippen LogP contribution < -0.4 is 21.1 Å². The minimum Gasteiger partial charge on any atom is -0.325 e.